The van der Waals surface area contributed by atoms with E-state index in [0.717, 1.165) is 12.1 Å². The summed E-state index contributed by atoms with van der Waals surface area (Å²) in [7, 11) is 0. The number of anilines is 1. The van der Waals surface area contributed by atoms with Crippen molar-refractivity contribution in [1.29, 1.82) is 5.26 Å². The molecule has 2 heterocycles. The lowest BCUT2D eigenvalue weighted by Gasteiger charge is -2.22. The van der Waals surface area contributed by atoms with E-state index < -0.39 is 28.7 Å². The molecule has 8 heteroatoms. The van der Waals surface area contributed by atoms with Crippen LogP contribution in [0.2, 0.25) is 0 Å². The Balaban J connectivity index is 2.16. The predicted octanol–water partition coefficient (Wildman–Crippen LogP) is 4.21. The van der Waals surface area contributed by atoms with Crippen LogP contribution < -0.4 is 4.90 Å². The average molecular weight is 363 g/mol. The van der Waals surface area contributed by atoms with Crippen LogP contribution >= 0.6 is 11.3 Å². The number of nitriles is 1. The summed E-state index contributed by atoms with van der Waals surface area (Å²) in [5, 5.41) is 10.7. The molecular formula is C17H12F3N3OS. The van der Waals surface area contributed by atoms with E-state index in [1.165, 1.54) is 28.4 Å². The van der Waals surface area contributed by atoms with Crippen LogP contribution in [-0.4, -0.2) is 17.3 Å². The number of rotatable bonds is 2. The lowest BCUT2D eigenvalue weighted by atomic mass is 10.0. The second kappa shape index (κ2) is 5.70. The van der Waals surface area contributed by atoms with E-state index in [1.54, 1.807) is 31.4 Å². The van der Waals surface area contributed by atoms with Crippen molar-refractivity contribution in [2.45, 2.75) is 25.6 Å². The van der Waals surface area contributed by atoms with Gasteiger partial charge in [-0.1, -0.05) is 6.07 Å². The summed E-state index contributed by atoms with van der Waals surface area (Å²) in [6.45, 7) is 3.22. The van der Waals surface area contributed by atoms with E-state index in [4.69, 9.17) is 5.26 Å². The summed E-state index contributed by atoms with van der Waals surface area (Å²) < 4.78 is 39.7. The van der Waals surface area contributed by atoms with E-state index in [0.29, 0.717) is 10.7 Å². The summed E-state index contributed by atoms with van der Waals surface area (Å²) >= 11 is 1.34. The molecule has 0 saturated carbocycles. The molecule has 2 aromatic rings. The quantitative estimate of drug-likeness (QED) is 0.802. The fourth-order valence-electron chi connectivity index (χ4n) is 2.55. The van der Waals surface area contributed by atoms with Crippen molar-refractivity contribution in [1.82, 2.24) is 0 Å². The van der Waals surface area contributed by atoms with E-state index >= 15 is 0 Å². The molecule has 0 unspecified atom stereocenters. The Morgan fingerprint density at radius 1 is 1.28 bits per heavy atom. The van der Waals surface area contributed by atoms with Gasteiger partial charge in [0, 0.05) is 0 Å². The molecule has 4 nitrogen and oxygen atoms in total. The van der Waals surface area contributed by atoms with Gasteiger partial charge in [-0.2, -0.15) is 18.4 Å². The van der Waals surface area contributed by atoms with Crippen molar-refractivity contribution in [2.75, 3.05) is 4.90 Å². The maximum Gasteiger partial charge on any atom is 0.417 e. The topological polar surface area (TPSA) is 56.5 Å². The molecule has 0 bridgehead atoms. The highest BCUT2D eigenvalue weighted by molar-refractivity contribution is 7.12. The predicted molar refractivity (Wildman–Crippen MR) is 88.6 cm³/mol. The van der Waals surface area contributed by atoms with Gasteiger partial charge in [0.2, 0.25) is 0 Å². The number of hydrogen-bond acceptors (Lipinski definition) is 4. The van der Waals surface area contributed by atoms with Crippen LogP contribution in [0.15, 0.2) is 40.7 Å². The number of thiophene rings is 1. The minimum absolute atomic E-state index is 0.0362. The zero-order valence-electron chi connectivity index (χ0n) is 13.3. The Morgan fingerprint density at radius 2 is 2.00 bits per heavy atom. The number of amidine groups is 1. The molecular weight excluding hydrogens is 351 g/mol. The fourth-order valence-corrected chi connectivity index (χ4v) is 3.25. The van der Waals surface area contributed by atoms with Crippen molar-refractivity contribution in [2.24, 2.45) is 4.99 Å². The second-order valence-electron chi connectivity index (χ2n) is 5.95. The van der Waals surface area contributed by atoms with Gasteiger partial charge in [0.05, 0.1) is 27.8 Å². The monoisotopic (exact) mass is 363 g/mol. The molecule has 1 aliphatic heterocycles. The molecule has 1 aromatic carbocycles. The van der Waals surface area contributed by atoms with Gasteiger partial charge < -0.3 is 0 Å². The van der Waals surface area contributed by atoms with Gasteiger partial charge in [-0.15, -0.1) is 11.3 Å². The molecule has 0 radical (unpaired) electrons. The number of alkyl halides is 3. The largest absolute Gasteiger partial charge is 0.417 e. The highest BCUT2D eigenvalue weighted by Gasteiger charge is 2.43. The molecule has 1 amide bonds. The maximum atomic E-state index is 13.2. The van der Waals surface area contributed by atoms with Crippen LogP contribution in [-0.2, 0) is 11.0 Å². The number of carbonyl (C=O) groups excluding carboxylic acids is 1. The van der Waals surface area contributed by atoms with Crippen LogP contribution in [0.5, 0.6) is 0 Å². The lowest BCUT2D eigenvalue weighted by Crippen LogP contribution is -2.39. The molecule has 0 spiro atoms. The third kappa shape index (κ3) is 2.91. The summed E-state index contributed by atoms with van der Waals surface area (Å²) in [5.41, 5.74) is -2.60. The van der Waals surface area contributed by atoms with E-state index in [2.05, 4.69) is 4.99 Å². The van der Waals surface area contributed by atoms with Crippen molar-refractivity contribution in [3.8, 4) is 6.07 Å². The van der Waals surface area contributed by atoms with Crippen LogP contribution in [0.1, 0.15) is 29.9 Å². The molecule has 0 atom stereocenters. The van der Waals surface area contributed by atoms with Crippen LogP contribution in [0, 0.1) is 11.3 Å². The van der Waals surface area contributed by atoms with Crippen LogP contribution in [0.25, 0.3) is 0 Å². The molecule has 0 fully saturated rings. The molecule has 128 valence electrons. The first-order valence-corrected chi connectivity index (χ1v) is 8.13. The van der Waals surface area contributed by atoms with Crippen molar-refractivity contribution in [3.63, 3.8) is 0 Å². The summed E-state index contributed by atoms with van der Waals surface area (Å²) in [6, 6.07) is 8.28. The van der Waals surface area contributed by atoms with Gasteiger partial charge >= 0.3 is 6.18 Å². The van der Waals surface area contributed by atoms with Crippen LogP contribution in [0.4, 0.5) is 18.9 Å². The Bertz CT molecular complexity index is 908. The van der Waals surface area contributed by atoms with Crippen molar-refractivity contribution < 1.29 is 18.0 Å². The van der Waals surface area contributed by atoms with E-state index in [-0.39, 0.29) is 5.69 Å². The van der Waals surface area contributed by atoms with Gasteiger partial charge in [-0.3, -0.25) is 14.7 Å². The number of carbonyl (C=O) groups is 1. The third-order valence-electron chi connectivity index (χ3n) is 3.75. The number of hydrogen-bond donors (Lipinski definition) is 0. The second-order valence-corrected chi connectivity index (χ2v) is 6.90. The molecule has 0 aliphatic carbocycles. The third-order valence-corrected chi connectivity index (χ3v) is 4.62. The Morgan fingerprint density at radius 3 is 2.56 bits per heavy atom. The summed E-state index contributed by atoms with van der Waals surface area (Å²) in [5.74, 6) is -0.114. The highest BCUT2D eigenvalue weighted by atomic mass is 32.1. The number of halogens is 3. The Kier molecular flexibility index (Phi) is 3.92. The van der Waals surface area contributed by atoms with E-state index in [9.17, 15) is 18.0 Å². The van der Waals surface area contributed by atoms with Crippen molar-refractivity contribution in [3.05, 3.63) is 51.7 Å². The number of aliphatic imine (C=N–C) groups is 1. The minimum atomic E-state index is -4.69. The molecule has 1 aromatic heterocycles. The average Bonchev–Trinajstić information content (AvgIpc) is 3.14. The summed E-state index contributed by atoms with van der Waals surface area (Å²) in [4.78, 5) is 19.0. The minimum Gasteiger partial charge on any atom is -0.271 e. The van der Waals surface area contributed by atoms with Gasteiger partial charge in [0.15, 0.2) is 5.84 Å². The van der Waals surface area contributed by atoms with E-state index in [1.807, 2.05) is 0 Å². The standard InChI is InChI=1S/C17H12F3N3OS/c1-16(2)15(24)23(14(22-16)13-4-3-7-25-13)11-6-5-10(9-21)12(8-11)17(18,19)20/h3-8H,1-2H3. The molecule has 3 rings (SSSR count). The lowest BCUT2D eigenvalue weighted by molar-refractivity contribution is -0.137. The molecule has 1 aliphatic rings. The highest BCUT2D eigenvalue weighted by Crippen LogP contribution is 2.37. The number of amides is 1. The normalized spacial score (nSPS) is 16.7. The maximum absolute atomic E-state index is 13.2. The van der Waals surface area contributed by atoms with Gasteiger partial charge in [-0.05, 0) is 43.5 Å². The fraction of sp³-hybridized carbons (Fsp3) is 0.235. The van der Waals surface area contributed by atoms with Gasteiger partial charge in [-0.25, -0.2) is 0 Å². The van der Waals surface area contributed by atoms with Crippen LogP contribution in [0.3, 0.4) is 0 Å². The Hall–Kier alpha value is -2.66. The van der Waals surface area contributed by atoms with Gasteiger partial charge in [0.25, 0.3) is 5.91 Å². The first kappa shape index (κ1) is 17.2. The first-order chi connectivity index (χ1) is 11.6. The molecule has 0 N–H and O–H groups in total. The van der Waals surface area contributed by atoms with Gasteiger partial charge in [0.1, 0.15) is 5.54 Å². The zero-order chi connectivity index (χ0) is 18.4. The molecule has 0 saturated heterocycles. The summed E-state index contributed by atoms with van der Waals surface area (Å²) in [6.07, 6.45) is -4.69. The number of benzene rings is 1. The first-order valence-electron chi connectivity index (χ1n) is 7.25. The number of nitrogens with zero attached hydrogens (tertiary/aromatic N) is 3. The smallest absolute Gasteiger partial charge is 0.271 e. The van der Waals surface area contributed by atoms with Crippen molar-refractivity contribution >= 4 is 28.8 Å². The Labute approximate surface area is 145 Å². The molecule has 25 heavy (non-hydrogen) atoms. The SMILES string of the molecule is CC1(C)N=C(c2cccs2)N(c2ccc(C#N)c(C(F)(F)F)c2)C1=O. The zero-order valence-corrected chi connectivity index (χ0v) is 14.1.